The number of nitrogens with zero attached hydrogens (tertiary/aromatic N) is 5. The van der Waals surface area contributed by atoms with Gasteiger partial charge in [0.05, 0.1) is 34.0 Å². The van der Waals surface area contributed by atoms with Crippen molar-refractivity contribution in [3.05, 3.63) is 53.7 Å². The molecule has 2 N–H and O–H groups in total. The number of fused-ring (bicyclic) bond motifs is 1. The van der Waals surface area contributed by atoms with Gasteiger partial charge >= 0.3 is 6.18 Å². The molecule has 0 atom stereocenters. The molecule has 4 heterocycles. The van der Waals surface area contributed by atoms with Crippen LogP contribution in [0.25, 0.3) is 27.8 Å². The summed E-state index contributed by atoms with van der Waals surface area (Å²) in [6.07, 6.45) is 1.11. The summed E-state index contributed by atoms with van der Waals surface area (Å²) in [5.74, 6) is -0.389. The Morgan fingerprint density at radius 3 is 2.64 bits per heavy atom. The van der Waals surface area contributed by atoms with Gasteiger partial charge in [-0.25, -0.2) is 4.98 Å². The van der Waals surface area contributed by atoms with Crippen LogP contribution in [-0.4, -0.2) is 48.1 Å². The lowest BCUT2D eigenvalue weighted by molar-refractivity contribution is -0.142. The first-order chi connectivity index (χ1) is 15.6. The predicted molar refractivity (Wildman–Crippen MR) is 115 cm³/mol. The van der Waals surface area contributed by atoms with Crippen LogP contribution in [0.3, 0.4) is 0 Å². The molecule has 0 bridgehead atoms. The van der Waals surface area contributed by atoms with E-state index in [-0.39, 0.29) is 17.5 Å². The molecule has 172 valence electrons. The second-order valence-corrected chi connectivity index (χ2v) is 7.63. The lowest BCUT2D eigenvalue weighted by atomic mass is 10.1. The van der Waals surface area contributed by atoms with Gasteiger partial charge in [-0.15, -0.1) is 0 Å². The molecule has 8 nitrogen and oxygen atoms in total. The lowest BCUT2D eigenvalue weighted by Gasteiger charge is -2.07. The van der Waals surface area contributed by atoms with Crippen LogP contribution in [0, 0.1) is 13.8 Å². The van der Waals surface area contributed by atoms with E-state index in [1.54, 1.807) is 32.2 Å². The van der Waals surface area contributed by atoms with E-state index in [1.807, 2.05) is 6.92 Å². The molecule has 0 saturated heterocycles. The molecule has 0 saturated carbocycles. The molecule has 0 aliphatic rings. The van der Waals surface area contributed by atoms with Gasteiger partial charge in [-0.1, -0.05) is 0 Å². The van der Waals surface area contributed by atoms with E-state index in [0.717, 1.165) is 4.68 Å². The predicted octanol–water partition coefficient (Wildman–Crippen LogP) is 3.92. The third kappa shape index (κ3) is 4.26. The fourth-order valence-electron chi connectivity index (χ4n) is 3.76. The fraction of sp³-hybridized carbons (Fsp3) is 0.273. The highest BCUT2D eigenvalue weighted by Crippen LogP contribution is 2.37. The largest absolute Gasteiger partial charge is 0.494 e. The van der Waals surface area contributed by atoms with Crippen LogP contribution >= 0.6 is 0 Å². The number of nitrogens with one attached hydrogen (secondary N) is 1. The SMILES string of the molecule is CCNC(=O)c1cncc(-c2cc(C)c3c(O)n(-c4cnn(CC(F)(F)F)c4)c(C)c3n2)c1. The van der Waals surface area contributed by atoms with Crippen molar-refractivity contribution in [1.82, 2.24) is 29.6 Å². The molecule has 4 aromatic heterocycles. The first-order valence-electron chi connectivity index (χ1n) is 10.1. The summed E-state index contributed by atoms with van der Waals surface area (Å²) in [4.78, 5) is 21.0. The number of alkyl halides is 3. The molecule has 1 amide bonds. The van der Waals surface area contributed by atoms with Crippen molar-refractivity contribution in [2.24, 2.45) is 0 Å². The van der Waals surface area contributed by atoms with E-state index in [9.17, 15) is 23.1 Å². The standard InChI is InChI=1S/C22H21F3N6O2/c1-4-27-20(32)15-6-14(7-26-8-15)17-5-12(2)18-19(29-17)13(3)31(21(18)33)16-9-28-30(10-16)11-22(23,24)25/h5-10,33H,4,11H2,1-3H3,(H,27,32). The van der Waals surface area contributed by atoms with Crippen molar-refractivity contribution in [1.29, 1.82) is 0 Å². The van der Waals surface area contributed by atoms with E-state index >= 15 is 0 Å². The van der Waals surface area contributed by atoms with Crippen LogP contribution in [0.15, 0.2) is 36.9 Å². The highest BCUT2D eigenvalue weighted by molar-refractivity contribution is 5.96. The Balaban J connectivity index is 1.80. The van der Waals surface area contributed by atoms with Crippen molar-refractivity contribution in [2.45, 2.75) is 33.5 Å². The van der Waals surface area contributed by atoms with Gasteiger partial charge in [-0.3, -0.25) is 19.0 Å². The van der Waals surface area contributed by atoms with Crippen molar-refractivity contribution in [2.75, 3.05) is 6.54 Å². The fourth-order valence-corrected chi connectivity index (χ4v) is 3.76. The Kier molecular flexibility index (Phi) is 5.56. The molecule has 0 fully saturated rings. The Morgan fingerprint density at radius 1 is 1.18 bits per heavy atom. The summed E-state index contributed by atoms with van der Waals surface area (Å²) in [5.41, 5.74) is 3.57. The number of aryl methyl sites for hydroxylation is 2. The zero-order valence-corrected chi connectivity index (χ0v) is 18.1. The maximum absolute atomic E-state index is 12.7. The number of aromatic hydroxyl groups is 1. The van der Waals surface area contributed by atoms with Gasteiger partial charge < -0.3 is 10.4 Å². The van der Waals surface area contributed by atoms with E-state index in [0.29, 0.717) is 45.5 Å². The van der Waals surface area contributed by atoms with Crippen molar-refractivity contribution in [3.8, 4) is 22.8 Å². The molecular weight excluding hydrogens is 437 g/mol. The average molecular weight is 458 g/mol. The number of hydrogen-bond donors (Lipinski definition) is 2. The topological polar surface area (TPSA) is 97.9 Å². The molecule has 0 aliphatic carbocycles. The highest BCUT2D eigenvalue weighted by atomic mass is 19.4. The number of aromatic nitrogens is 5. The van der Waals surface area contributed by atoms with E-state index in [1.165, 1.54) is 23.2 Å². The average Bonchev–Trinajstić information content (AvgIpc) is 3.29. The second kappa shape index (κ2) is 8.23. The summed E-state index contributed by atoms with van der Waals surface area (Å²) in [5, 5.41) is 17.8. The van der Waals surface area contributed by atoms with E-state index < -0.39 is 12.7 Å². The minimum Gasteiger partial charge on any atom is -0.494 e. The smallest absolute Gasteiger partial charge is 0.408 e. The van der Waals surface area contributed by atoms with Gasteiger partial charge in [0.1, 0.15) is 6.54 Å². The summed E-state index contributed by atoms with van der Waals surface area (Å²) >= 11 is 0. The van der Waals surface area contributed by atoms with Crippen LogP contribution in [0.1, 0.15) is 28.5 Å². The molecule has 0 aliphatic heterocycles. The van der Waals surface area contributed by atoms with Crippen LogP contribution in [0.2, 0.25) is 0 Å². The molecule has 0 radical (unpaired) electrons. The number of carbonyl (C=O) groups excluding carboxylic acids is 1. The van der Waals surface area contributed by atoms with Gasteiger partial charge in [0.2, 0.25) is 5.88 Å². The molecule has 4 aromatic rings. The molecule has 0 unspecified atom stereocenters. The summed E-state index contributed by atoms with van der Waals surface area (Å²) in [6.45, 7) is 4.58. The van der Waals surface area contributed by atoms with Crippen molar-refractivity contribution < 1.29 is 23.1 Å². The van der Waals surface area contributed by atoms with Crippen LogP contribution < -0.4 is 5.32 Å². The minimum atomic E-state index is -4.41. The zero-order valence-electron chi connectivity index (χ0n) is 18.1. The number of hydrogen-bond acceptors (Lipinski definition) is 5. The van der Waals surface area contributed by atoms with Gasteiger partial charge in [0, 0.05) is 36.4 Å². The normalized spacial score (nSPS) is 11.8. The van der Waals surface area contributed by atoms with E-state index in [2.05, 4.69) is 20.4 Å². The Bertz CT molecular complexity index is 1360. The summed E-state index contributed by atoms with van der Waals surface area (Å²) < 4.78 is 40.3. The molecule has 33 heavy (non-hydrogen) atoms. The first-order valence-corrected chi connectivity index (χ1v) is 10.1. The van der Waals surface area contributed by atoms with Crippen molar-refractivity contribution >= 4 is 16.8 Å². The number of amides is 1. The Hall–Kier alpha value is -3.89. The molecule has 0 aromatic carbocycles. The van der Waals surface area contributed by atoms with E-state index in [4.69, 9.17) is 0 Å². The molecule has 0 spiro atoms. The van der Waals surface area contributed by atoms with Crippen LogP contribution in [0.5, 0.6) is 5.88 Å². The second-order valence-electron chi connectivity index (χ2n) is 7.63. The zero-order chi connectivity index (χ0) is 23.9. The quantitative estimate of drug-likeness (QED) is 0.473. The van der Waals surface area contributed by atoms with Gasteiger partial charge in [0.15, 0.2) is 0 Å². The summed E-state index contributed by atoms with van der Waals surface area (Å²) in [6, 6.07) is 3.44. The molecule has 4 rings (SSSR count). The van der Waals surface area contributed by atoms with Crippen molar-refractivity contribution in [3.63, 3.8) is 0 Å². The maximum Gasteiger partial charge on any atom is 0.408 e. The first kappa shape index (κ1) is 22.3. The number of pyridine rings is 2. The number of halogens is 3. The number of rotatable bonds is 5. The summed E-state index contributed by atoms with van der Waals surface area (Å²) in [7, 11) is 0. The monoisotopic (exact) mass is 458 g/mol. The Morgan fingerprint density at radius 2 is 1.94 bits per heavy atom. The number of carbonyl (C=O) groups is 1. The third-order valence-electron chi connectivity index (χ3n) is 5.18. The third-order valence-corrected chi connectivity index (χ3v) is 5.18. The van der Waals surface area contributed by atoms with Gasteiger partial charge in [0.25, 0.3) is 5.91 Å². The van der Waals surface area contributed by atoms with Crippen LogP contribution in [-0.2, 0) is 6.54 Å². The molecule has 11 heteroatoms. The molecular formula is C22H21F3N6O2. The van der Waals surface area contributed by atoms with Crippen LogP contribution in [0.4, 0.5) is 13.2 Å². The van der Waals surface area contributed by atoms with Gasteiger partial charge in [-0.2, -0.15) is 18.3 Å². The Labute approximate surface area is 186 Å². The van der Waals surface area contributed by atoms with Gasteiger partial charge in [-0.05, 0) is 38.5 Å². The maximum atomic E-state index is 12.7. The lowest BCUT2D eigenvalue weighted by Crippen LogP contribution is -2.22. The highest BCUT2D eigenvalue weighted by Gasteiger charge is 2.29. The minimum absolute atomic E-state index is 0.139.